The third-order valence-electron chi connectivity index (χ3n) is 9.29. The quantitative estimate of drug-likeness (QED) is 0.0979. The van der Waals surface area contributed by atoms with Crippen molar-refractivity contribution in [3.05, 3.63) is 120 Å². The molecule has 1 amide bonds. The van der Waals surface area contributed by atoms with Gasteiger partial charge in [-0.25, -0.2) is 9.38 Å². The number of piperazine rings is 1. The van der Waals surface area contributed by atoms with Crippen LogP contribution in [0.3, 0.4) is 0 Å². The highest BCUT2D eigenvalue weighted by Gasteiger charge is 2.34. The van der Waals surface area contributed by atoms with Gasteiger partial charge in [0.2, 0.25) is 11.9 Å². The van der Waals surface area contributed by atoms with Gasteiger partial charge in [-0.15, -0.1) is 0 Å². The van der Waals surface area contributed by atoms with Crippen molar-refractivity contribution in [2.24, 2.45) is 4.99 Å². The molecule has 1 fully saturated rings. The summed E-state index contributed by atoms with van der Waals surface area (Å²) in [5.74, 6) is 0.470. The Kier molecular flexibility index (Phi) is 11.4. The van der Waals surface area contributed by atoms with Crippen molar-refractivity contribution in [1.82, 2.24) is 20.0 Å². The van der Waals surface area contributed by atoms with Crippen LogP contribution in [0.25, 0.3) is 11.1 Å². The molecule has 4 aromatic rings. The fraction of sp³-hybridized carbons (Fsp3) is 0.333. The number of hydrogen-bond donors (Lipinski definition) is 1. The van der Waals surface area contributed by atoms with Gasteiger partial charge in [-0.05, 0) is 66.9 Å². The van der Waals surface area contributed by atoms with Crippen LogP contribution in [-0.4, -0.2) is 77.4 Å². The highest BCUT2D eigenvalue weighted by atomic mass is 127. The number of halogens is 2. The number of amides is 1. The van der Waals surface area contributed by atoms with Gasteiger partial charge in [-0.3, -0.25) is 9.69 Å². The number of alkyl halides is 1. The predicted octanol–water partition coefficient (Wildman–Crippen LogP) is 7.47. The van der Waals surface area contributed by atoms with Crippen LogP contribution in [0.5, 0.6) is 0 Å². The largest absolute Gasteiger partial charge is 0.352 e. The lowest BCUT2D eigenvalue weighted by Crippen LogP contribution is -2.48. The van der Waals surface area contributed by atoms with Crippen LogP contribution in [0.4, 0.5) is 15.8 Å². The molecule has 0 radical (unpaired) electrons. The van der Waals surface area contributed by atoms with Gasteiger partial charge < -0.3 is 20.0 Å². The number of hydrogen-bond acceptors (Lipinski definition) is 6. The maximum absolute atomic E-state index is 13.6. The van der Waals surface area contributed by atoms with E-state index in [4.69, 9.17) is 4.99 Å². The molecule has 0 saturated carbocycles. The van der Waals surface area contributed by atoms with Crippen molar-refractivity contribution in [2.75, 3.05) is 51.7 Å². The number of rotatable bonds is 11. The smallest absolute Gasteiger partial charge is 0.222 e. The lowest BCUT2D eigenvalue weighted by molar-refractivity contribution is -0.121. The highest BCUT2D eigenvalue weighted by molar-refractivity contribution is 14.1. The fourth-order valence-electron chi connectivity index (χ4n) is 6.45. The van der Waals surface area contributed by atoms with Crippen LogP contribution in [-0.2, 0) is 11.3 Å². The normalized spacial score (nSPS) is 17.4. The molecule has 250 valence electrons. The SMILES string of the molecule is CN1CCN(C(I)CCCN(C)C2=Nc3ccccc3C(CC(=O)NCc3ccc(F)cc3)N2c2ccc(-c3ccccc3)cc2)CC1. The lowest BCUT2D eigenvalue weighted by atomic mass is 9.96. The summed E-state index contributed by atoms with van der Waals surface area (Å²) in [6.07, 6.45) is 2.37. The zero-order chi connectivity index (χ0) is 33.5. The van der Waals surface area contributed by atoms with Gasteiger partial charge in [0.25, 0.3) is 0 Å². The van der Waals surface area contributed by atoms with Crippen molar-refractivity contribution in [1.29, 1.82) is 0 Å². The zero-order valence-corrected chi connectivity index (χ0v) is 29.9. The van der Waals surface area contributed by atoms with Crippen LogP contribution < -0.4 is 10.2 Å². The van der Waals surface area contributed by atoms with E-state index in [1.807, 2.05) is 24.3 Å². The summed E-state index contributed by atoms with van der Waals surface area (Å²) >= 11 is 2.61. The van der Waals surface area contributed by atoms with Crippen LogP contribution in [0.2, 0.25) is 0 Å². The van der Waals surface area contributed by atoms with Crippen LogP contribution in [0, 0.1) is 5.82 Å². The summed E-state index contributed by atoms with van der Waals surface area (Å²) in [5, 5.41) is 3.07. The van der Waals surface area contributed by atoms with E-state index in [2.05, 4.69) is 116 Å². The maximum Gasteiger partial charge on any atom is 0.222 e. The summed E-state index contributed by atoms with van der Waals surface area (Å²) in [7, 11) is 4.31. The Labute approximate surface area is 297 Å². The number of nitrogens with one attached hydrogen (secondary N) is 1. The number of anilines is 1. The first-order valence-electron chi connectivity index (χ1n) is 16.8. The number of aliphatic imine (C=N–C) groups is 1. The average Bonchev–Trinajstić information content (AvgIpc) is 3.12. The topological polar surface area (TPSA) is 54.4 Å². The zero-order valence-electron chi connectivity index (χ0n) is 27.7. The van der Waals surface area contributed by atoms with Crippen molar-refractivity contribution in [2.45, 2.75) is 35.9 Å². The number of carbonyl (C=O) groups is 1. The Bertz CT molecular complexity index is 1680. The van der Waals surface area contributed by atoms with E-state index in [9.17, 15) is 9.18 Å². The molecular formula is C39H44FIN6O. The Hall–Kier alpha value is -3.80. The van der Waals surface area contributed by atoms with Crippen molar-refractivity contribution in [3.63, 3.8) is 0 Å². The molecule has 1 N–H and O–H groups in total. The van der Waals surface area contributed by atoms with Crippen LogP contribution in [0.15, 0.2) is 108 Å². The van der Waals surface area contributed by atoms with Gasteiger partial charge in [0.05, 0.1) is 22.2 Å². The maximum atomic E-state index is 13.6. The van der Waals surface area contributed by atoms with Crippen molar-refractivity contribution >= 4 is 45.8 Å². The van der Waals surface area contributed by atoms with E-state index in [-0.39, 0.29) is 24.2 Å². The van der Waals surface area contributed by atoms with E-state index in [1.54, 1.807) is 12.1 Å². The molecule has 0 spiro atoms. The van der Waals surface area contributed by atoms with E-state index in [0.717, 1.165) is 85.2 Å². The molecule has 0 aliphatic carbocycles. The molecule has 9 heteroatoms. The number of fused-ring (bicyclic) bond motifs is 1. The molecular weight excluding hydrogens is 714 g/mol. The van der Waals surface area contributed by atoms with Crippen molar-refractivity contribution in [3.8, 4) is 11.1 Å². The van der Waals surface area contributed by atoms with Crippen LogP contribution in [0.1, 0.15) is 36.4 Å². The highest BCUT2D eigenvalue weighted by Crippen LogP contribution is 2.41. The van der Waals surface area contributed by atoms with E-state index < -0.39 is 0 Å². The first kappa shape index (κ1) is 34.1. The molecule has 2 unspecified atom stereocenters. The van der Waals surface area contributed by atoms with Crippen LogP contribution >= 0.6 is 22.6 Å². The van der Waals surface area contributed by atoms with E-state index >= 15 is 0 Å². The Balaban J connectivity index is 1.25. The molecule has 2 aliphatic rings. The summed E-state index contributed by atoms with van der Waals surface area (Å²) in [6, 6.07) is 33.0. The summed E-state index contributed by atoms with van der Waals surface area (Å²) in [4.78, 5) is 28.3. The van der Waals surface area contributed by atoms with Gasteiger partial charge in [-0.1, -0.05) is 95.4 Å². The van der Waals surface area contributed by atoms with Gasteiger partial charge in [0, 0.05) is 57.6 Å². The summed E-state index contributed by atoms with van der Waals surface area (Å²) < 4.78 is 14.0. The molecule has 0 aromatic heterocycles. The molecule has 1 saturated heterocycles. The van der Waals surface area contributed by atoms with Gasteiger partial charge in [0.15, 0.2) is 0 Å². The summed E-state index contributed by atoms with van der Waals surface area (Å²) in [6.45, 7) is 5.64. The number of likely N-dealkylation sites (N-methyl/N-ethyl adjacent to an activating group) is 1. The first-order valence-corrected chi connectivity index (χ1v) is 18.0. The second-order valence-corrected chi connectivity index (χ2v) is 14.2. The minimum atomic E-state index is -0.290. The van der Waals surface area contributed by atoms with Crippen molar-refractivity contribution < 1.29 is 9.18 Å². The lowest BCUT2D eigenvalue weighted by Gasteiger charge is -2.41. The summed E-state index contributed by atoms with van der Waals surface area (Å²) in [5.41, 5.74) is 6.03. The molecule has 6 rings (SSSR count). The van der Waals surface area contributed by atoms with E-state index in [0.29, 0.717) is 10.6 Å². The Morgan fingerprint density at radius 3 is 2.31 bits per heavy atom. The predicted molar refractivity (Wildman–Crippen MR) is 202 cm³/mol. The molecule has 4 aromatic carbocycles. The molecule has 48 heavy (non-hydrogen) atoms. The van der Waals surface area contributed by atoms with Gasteiger partial charge >= 0.3 is 0 Å². The third-order valence-corrected chi connectivity index (χ3v) is 10.7. The minimum absolute atomic E-state index is 0.0751. The number of benzene rings is 4. The Morgan fingerprint density at radius 1 is 0.917 bits per heavy atom. The first-order chi connectivity index (χ1) is 23.4. The molecule has 2 aliphatic heterocycles. The number of para-hydroxylation sites is 1. The van der Waals surface area contributed by atoms with E-state index in [1.165, 1.54) is 12.1 Å². The standard InChI is InChI=1S/C39H44FIN6O/c1-44-23-25-46(26-24-44)37(41)13-8-22-45(2)39-43-35-12-7-6-11-34(35)36(27-38(48)42-28-29-14-18-32(40)19-15-29)47(39)33-20-16-31(17-21-33)30-9-4-3-5-10-30/h3-7,9-12,14-21,36-37H,8,13,22-28H2,1-2H3,(H,42,48). The second kappa shape index (κ2) is 16.1. The third kappa shape index (κ3) is 8.43. The average molecular weight is 759 g/mol. The number of nitrogens with zero attached hydrogens (tertiary/aromatic N) is 5. The minimum Gasteiger partial charge on any atom is -0.352 e. The van der Waals surface area contributed by atoms with Gasteiger partial charge in [-0.2, -0.15) is 0 Å². The number of guanidine groups is 1. The molecule has 0 bridgehead atoms. The monoisotopic (exact) mass is 758 g/mol. The number of carbonyl (C=O) groups excluding carboxylic acids is 1. The second-order valence-electron chi connectivity index (χ2n) is 12.7. The fourth-order valence-corrected chi connectivity index (χ4v) is 7.45. The molecule has 7 nitrogen and oxygen atoms in total. The molecule has 2 heterocycles. The molecule has 2 atom stereocenters. The van der Waals surface area contributed by atoms with Gasteiger partial charge in [0.1, 0.15) is 5.82 Å². The Morgan fingerprint density at radius 2 is 1.58 bits per heavy atom.